The number of anilines is 1. The van der Waals surface area contributed by atoms with Crippen molar-refractivity contribution in [3.63, 3.8) is 0 Å². The zero-order valence-electron chi connectivity index (χ0n) is 22.4. The van der Waals surface area contributed by atoms with Crippen molar-refractivity contribution >= 4 is 27.5 Å². The molecule has 1 aliphatic carbocycles. The lowest BCUT2D eigenvalue weighted by Gasteiger charge is -2.33. The van der Waals surface area contributed by atoms with Crippen LogP contribution >= 0.6 is 0 Å². The minimum Gasteiger partial charge on any atom is -0.352 e. The number of rotatable bonds is 13. The number of nitrogens with zero attached hydrogens (tertiary/aromatic N) is 2. The van der Waals surface area contributed by atoms with E-state index in [2.05, 4.69) is 5.32 Å². The Morgan fingerprint density at radius 2 is 1.66 bits per heavy atom. The first kappa shape index (κ1) is 29.6. The predicted molar refractivity (Wildman–Crippen MR) is 149 cm³/mol. The van der Waals surface area contributed by atoms with Gasteiger partial charge in [0.05, 0.1) is 11.9 Å². The fourth-order valence-electron chi connectivity index (χ4n) is 5.05. The lowest BCUT2D eigenvalue weighted by atomic mass is 9.95. The van der Waals surface area contributed by atoms with Crippen LogP contribution < -0.4 is 9.62 Å². The number of halogens is 1. The molecule has 0 bridgehead atoms. The van der Waals surface area contributed by atoms with E-state index in [9.17, 15) is 22.4 Å². The lowest BCUT2D eigenvalue weighted by Crippen LogP contribution is -2.52. The molecule has 0 saturated heterocycles. The van der Waals surface area contributed by atoms with Crippen molar-refractivity contribution in [1.29, 1.82) is 0 Å². The second-order valence-corrected chi connectivity index (χ2v) is 11.9. The molecular weight excluding hydrogens is 505 g/mol. The Hall–Kier alpha value is -2.94. The van der Waals surface area contributed by atoms with Crippen LogP contribution in [0.3, 0.4) is 0 Å². The highest BCUT2D eigenvalue weighted by Crippen LogP contribution is 2.21. The summed E-state index contributed by atoms with van der Waals surface area (Å²) in [5, 5.41) is 3.17. The fraction of sp³-hybridized carbons (Fsp3) is 0.517. The molecule has 9 heteroatoms. The molecule has 0 heterocycles. The van der Waals surface area contributed by atoms with Gasteiger partial charge < -0.3 is 10.2 Å². The van der Waals surface area contributed by atoms with Crippen molar-refractivity contribution in [2.45, 2.75) is 76.8 Å². The number of amides is 2. The summed E-state index contributed by atoms with van der Waals surface area (Å²) in [7, 11) is -3.62. The number of hydrogen-bond donors (Lipinski definition) is 1. The van der Waals surface area contributed by atoms with Crippen molar-refractivity contribution in [2.75, 3.05) is 23.7 Å². The largest absolute Gasteiger partial charge is 0.352 e. The summed E-state index contributed by atoms with van der Waals surface area (Å²) in [6.07, 6.45) is 7.87. The summed E-state index contributed by atoms with van der Waals surface area (Å²) in [5.41, 5.74) is 1.42. The van der Waals surface area contributed by atoms with Gasteiger partial charge >= 0.3 is 0 Å². The molecule has 0 aliphatic heterocycles. The SMILES string of the molecule is CC[C@@H](C(=O)NC1CCCCC1)N(CCc1ccccc1)C(=O)CCCN(c1ccc(F)cc1)S(C)(=O)=O. The van der Waals surface area contributed by atoms with Gasteiger partial charge in [0.2, 0.25) is 21.8 Å². The summed E-state index contributed by atoms with van der Waals surface area (Å²) in [4.78, 5) is 28.5. The molecule has 0 aromatic heterocycles. The Balaban J connectivity index is 1.70. The molecule has 1 N–H and O–H groups in total. The molecule has 0 spiro atoms. The van der Waals surface area contributed by atoms with E-state index in [0.717, 1.165) is 37.5 Å². The summed E-state index contributed by atoms with van der Waals surface area (Å²) in [5.74, 6) is -0.757. The van der Waals surface area contributed by atoms with E-state index in [1.54, 1.807) is 4.90 Å². The van der Waals surface area contributed by atoms with Gasteiger partial charge in [-0.25, -0.2) is 12.8 Å². The second kappa shape index (κ2) is 14.3. The molecule has 1 saturated carbocycles. The highest BCUT2D eigenvalue weighted by Gasteiger charge is 2.30. The standard InChI is InChI=1S/C29H40FN3O4S/c1-3-27(29(35)31-25-13-8-5-9-14-25)32(22-20-23-11-6-4-7-12-23)28(34)15-10-21-33(38(2,36)37)26-18-16-24(30)17-19-26/h4,6-7,11-12,16-19,25,27H,3,5,8-10,13-15,20-22H2,1-2H3,(H,31,35)/t27-/m0/s1. The number of benzene rings is 2. The van der Waals surface area contributed by atoms with Crippen LogP contribution in [-0.2, 0) is 26.0 Å². The number of sulfonamides is 1. The van der Waals surface area contributed by atoms with E-state index in [1.165, 1.54) is 35.0 Å². The molecule has 3 rings (SSSR count). The number of hydrogen-bond acceptors (Lipinski definition) is 4. The third kappa shape index (κ3) is 8.82. The second-order valence-electron chi connectivity index (χ2n) is 10.0. The normalized spacial score (nSPS) is 15.0. The Morgan fingerprint density at radius 3 is 2.26 bits per heavy atom. The van der Waals surface area contributed by atoms with E-state index >= 15 is 0 Å². The first-order valence-electron chi connectivity index (χ1n) is 13.6. The average molecular weight is 546 g/mol. The van der Waals surface area contributed by atoms with Crippen molar-refractivity contribution in [2.24, 2.45) is 0 Å². The number of nitrogens with one attached hydrogen (secondary N) is 1. The lowest BCUT2D eigenvalue weighted by molar-refractivity contribution is -0.141. The third-order valence-electron chi connectivity index (χ3n) is 7.09. The first-order chi connectivity index (χ1) is 18.2. The molecular formula is C29H40FN3O4S. The van der Waals surface area contributed by atoms with Gasteiger partial charge in [0.15, 0.2) is 0 Å². The average Bonchev–Trinajstić information content (AvgIpc) is 2.90. The van der Waals surface area contributed by atoms with Gasteiger partial charge in [0, 0.05) is 25.6 Å². The van der Waals surface area contributed by atoms with Gasteiger partial charge in [-0.2, -0.15) is 0 Å². The molecule has 1 fully saturated rings. The fourth-order valence-corrected chi connectivity index (χ4v) is 6.02. The van der Waals surface area contributed by atoms with Gasteiger partial charge in [-0.3, -0.25) is 13.9 Å². The van der Waals surface area contributed by atoms with Crippen LogP contribution in [0.4, 0.5) is 10.1 Å². The van der Waals surface area contributed by atoms with E-state index in [0.29, 0.717) is 25.1 Å². The van der Waals surface area contributed by atoms with Crippen LogP contribution in [0.5, 0.6) is 0 Å². The molecule has 38 heavy (non-hydrogen) atoms. The van der Waals surface area contributed by atoms with Crippen molar-refractivity contribution in [3.05, 3.63) is 66.0 Å². The summed E-state index contributed by atoms with van der Waals surface area (Å²) >= 11 is 0. The van der Waals surface area contributed by atoms with Gasteiger partial charge in [-0.05, 0) is 61.9 Å². The molecule has 1 aliphatic rings. The predicted octanol–water partition coefficient (Wildman–Crippen LogP) is 4.67. The molecule has 2 aromatic rings. The zero-order valence-corrected chi connectivity index (χ0v) is 23.3. The van der Waals surface area contributed by atoms with Crippen LogP contribution in [0.2, 0.25) is 0 Å². The molecule has 1 atom stereocenters. The third-order valence-corrected chi connectivity index (χ3v) is 8.28. The van der Waals surface area contributed by atoms with E-state index in [-0.39, 0.29) is 37.2 Å². The Morgan fingerprint density at radius 1 is 1.00 bits per heavy atom. The number of carbonyl (C=O) groups is 2. The monoisotopic (exact) mass is 545 g/mol. The Bertz CT molecular complexity index is 1140. The molecule has 0 radical (unpaired) electrons. The van der Waals surface area contributed by atoms with Crippen LogP contribution in [0.1, 0.15) is 63.9 Å². The highest BCUT2D eigenvalue weighted by atomic mass is 32.2. The zero-order chi connectivity index (χ0) is 27.5. The molecule has 2 aromatic carbocycles. The molecule has 0 unspecified atom stereocenters. The summed E-state index contributed by atoms with van der Waals surface area (Å²) in [6, 6.07) is 14.6. The topological polar surface area (TPSA) is 86.8 Å². The Labute approximate surface area is 226 Å². The van der Waals surface area contributed by atoms with Crippen LogP contribution in [-0.4, -0.2) is 56.6 Å². The summed E-state index contributed by atoms with van der Waals surface area (Å²) in [6.45, 7) is 2.38. The smallest absolute Gasteiger partial charge is 0.243 e. The maximum atomic E-state index is 13.5. The molecule has 7 nitrogen and oxygen atoms in total. The van der Waals surface area contributed by atoms with Crippen LogP contribution in [0.25, 0.3) is 0 Å². The first-order valence-corrected chi connectivity index (χ1v) is 15.4. The molecule has 2 amide bonds. The van der Waals surface area contributed by atoms with Crippen LogP contribution in [0, 0.1) is 5.82 Å². The van der Waals surface area contributed by atoms with Gasteiger partial charge in [-0.15, -0.1) is 0 Å². The maximum absolute atomic E-state index is 13.5. The van der Waals surface area contributed by atoms with Gasteiger partial charge in [-0.1, -0.05) is 56.5 Å². The maximum Gasteiger partial charge on any atom is 0.243 e. The highest BCUT2D eigenvalue weighted by molar-refractivity contribution is 7.92. The summed E-state index contributed by atoms with van der Waals surface area (Å²) < 4.78 is 39.3. The van der Waals surface area contributed by atoms with Crippen molar-refractivity contribution in [3.8, 4) is 0 Å². The van der Waals surface area contributed by atoms with Gasteiger partial charge in [0.25, 0.3) is 0 Å². The van der Waals surface area contributed by atoms with Crippen molar-refractivity contribution < 1.29 is 22.4 Å². The number of carbonyl (C=O) groups excluding carboxylic acids is 2. The van der Waals surface area contributed by atoms with Crippen LogP contribution in [0.15, 0.2) is 54.6 Å². The Kier molecular flexibility index (Phi) is 11.1. The van der Waals surface area contributed by atoms with E-state index in [1.807, 2.05) is 37.3 Å². The van der Waals surface area contributed by atoms with E-state index in [4.69, 9.17) is 0 Å². The molecule has 208 valence electrons. The van der Waals surface area contributed by atoms with E-state index < -0.39 is 21.9 Å². The van der Waals surface area contributed by atoms with Crippen molar-refractivity contribution in [1.82, 2.24) is 10.2 Å². The minimum absolute atomic E-state index is 0.0772. The van der Waals surface area contributed by atoms with Gasteiger partial charge in [0.1, 0.15) is 11.9 Å². The minimum atomic E-state index is -3.62. The quantitative estimate of drug-likeness (QED) is 0.396.